The first-order valence-electron chi connectivity index (χ1n) is 6.16. The molecule has 1 heterocycles. The van der Waals surface area contributed by atoms with E-state index in [1.54, 1.807) is 6.33 Å². The van der Waals surface area contributed by atoms with Gasteiger partial charge in [0.1, 0.15) is 18.0 Å². The van der Waals surface area contributed by atoms with E-state index < -0.39 is 0 Å². The van der Waals surface area contributed by atoms with Crippen molar-refractivity contribution in [1.82, 2.24) is 9.97 Å². The van der Waals surface area contributed by atoms with E-state index in [1.807, 2.05) is 18.2 Å². The zero-order valence-electron chi connectivity index (χ0n) is 11.2. The Morgan fingerprint density at radius 3 is 2.53 bits per heavy atom. The zero-order valence-corrected chi connectivity index (χ0v) is 12.8. The van der Waals surface area contributed by atoms with E-state index >= 15 is 0 Å². The molecular weight excluding hydrogens is 304 g/mol. The molecule has 4 nitrogen and oxygen atoms in total. The smallest absolute Gasteiger partial charge is 0.135 e. The summed E-state index contributed by atoms with van der Waals surface area (Å²) >= 11 is 3.52. The molecule has 5 heteroatoms. The molecule has 19 heavy (non-hydrogen) atoms. The number of nitrogens with zero attached hydrogens (tertiary/aromatic N) is 2. The molecule has 0 saturated heterocycles. The second-order valence-corrected chi connectivity index (χ2v) is 5.53. The predicted molar refractivity (Wildman–Crippen MR) is 83.0 cm³/mol. The standard InChI is InChI=1S/C14H17BrN4/c1-9(2)18-13-7-14(17-8-16-13)19-11-5-4-10(3)12(15)6-11/h4-9H,1-3H3,(H2,16,17,18,19). The van der Waals surface area contributed by atoms with Crippen LogP contribution in [0.3, 0.4) is 0 Å². The van der Waals surface area contributed by atoms with Crippen molar-refractivity contribution in [3.63, 3.8) is 0 Å². The molecule has 0 saturated carbocycles. The molecule has 0 spiro atoms. The molecule has 0 unspecified atom stereocenters. The van der Waals surface area contributed by atoms with Gasteiger partial charge in [-0.05, 0) is 38.5 Å². The number of aryl methyl sites for hydroxylation is 1. The van der Waals surface area contributed by atoms with Crippen LogP contribution in [-0.2, 0) is 0 Å². The fourth-order valence-electron chi connectivity index (χ4n) is 1.62. The number of benzene rings is 1. The average Bonchev–Trinajstić information content (AvgIpc) is 2.33. The largest absolute Gasteiger partial charge is 0.368 e. The number of hydrogen-bond donors (Lipinski definition) is 2. The molecule has 0 bridgehead atoms. The molecule has 0 aliphatic heterocycles. The third-order valence-electron chi connectivity index (χ3n) is 2.55. The predicted octanol–water partition coefficient (Wildman–Crippen LogP) is 4.11. The van der Waals surface area contributed by atoms with Crippen LogP contribution in [0.1, 0.15) is 19.4 Å². The lowest BCUT2D eigenvalue weighted by molar-refractivity contribution is 0.886. The summed E-state index contributed by atoms with van der Waals surface area (Å²) in [5.74, 6) is 1.59. The number of rotatable bonds is 4. The molecule has 0 atom stereocenters. The topological polar surface area (TPSA) is 49.8 Å². The lowest BCUT2D eigenvalue weighted by atomic mass is 10.2. The summed E-state index contributed by atoms with van der Waals surface area (Å²) in [4.78, 5) is 8.40. The average molecular weight is 321 g/mol. The van der Waals surface area contributed by atoms with Crippen LogP contribution in [0, 0.1) is 6.92 Å². The molecule has 1 aromatic carbocycles. The fraction of sp³-hybridized carbons (Fsp3) is 0.286. The van der Waals surface area contributed by atoms with E-state index in [2.05, 4.69) is 63.4 Å². The Morgan fingerprint density at radius 2 is 1.84 bits per heavy atom. The third kappa shape index (κ3) is 3.92. The van der Waals surface area contributed by atoms with Gasteiger partial charge in [0, 0.05) is 22.3 Å². The number of aromatic nitrogens is 2. The van der Waals surface area contributed by atoms with Crippen LogP contribution >= 0.6 is 15.9 Å². The van der Waals surface area contributed by atoms with Crippen molar-refractivity contribution in [1.29, 1.82) is 0 Å². The van der Waals surface area contributed by atoms with Gasteiger partial charge in [0.2, 0.25) is 0 Å². The summed E-state index contributed by atoms with van der Waals surface area (Å²) < 4.78 is 1.08. The number of hydrogen-bond acceptors (Lipinski definition) is 4. The lowest BCUT2D eigenvalue weighted by Crippen LogP contribution is -2.11. The molecule has 2 aromatic rings. The minimum absolute atomic E-state index is 0.344. The summed E-state index contributed by atoms with van der Waals surface area (Å²) in [6.45, 7) is 6.21. The third-order valence-corrected chi connectivity index (χ3v) is 3.40. The molecule has 2 N–H and O–H groups in total. The van der Waals surface area contributed by atoms with Gasteiger partial charge in [0.05, 0.1) is 0 Å². The SMILES string of the molecule is Cc1ccc(Nc2cc(NC(C)C)ncn2)cc1Br. The number of halogens is 1. The maximum absolute atomic E-state index is 4.22. The maximum atomic E-state index is 4.22. The molecular formula is C14H17BrN4. The van der Waals surface area contributed by atoms with Gasteiger partial charge < -0.3 is 10.6 Å². The minimum atomic E-state index is 0.344. The van der Waals surface area contributed by atoms with Crippen LogP contribution in [0.25, 0.3) is 0 Å². The highest BCUT2D eigenvalue weighted by atomic mass is 79.9. The first kappa shape index (κ1) is 13.8. The van der Waals surface area contributed by atoms with Crippen LogP contribution in [-0.4, -0.2) is 16.0 Å². The second-order valence-electron chi connectivity index (χ2n) is 4.68. The first-order chi connectivity index (χ1) is 9.04. The van der Waals surface area contributed by atoms with Crippen molar-refractivity contribution in [3.8, 4) is 0 Å². The summed E-state index contributed by atoms with van der Waals surface area (Å²) in [5.41, 5.74) is 2.20. The van der Waals surface area contributed by atoms with Crippen molar-refractivity contribution in [2.75, 3.05) is 10.6 Å². The highest BCUT2D eigenvalue weighted by Crippen LogP contribution is 2.23. The molecule has 100 valence electrons. The van der Waals surface area contributed by atoms with E-state index in [-0.39, 0.29) is 0 Å². The highest BCUT2D eigenvalue weighted by molar-refractivity contribution is 9.10. The molecule has 0 amide bonds. The minimum Gasteiger partial charge on any atom is -0.368 e. The van der Waals surface area contributed by atoms with Gasteiger partial charge >= 0.3 is 0 Å². The van der Waals surface area contributed by atoms with Crippen LogP contribution in [0.4, 0.5) is 17.3 Å². The van der Waals surface area contributed by atoms with Gasteiger partial charge in [-0.1, -0.05) is 22.0 Å². The van der Waals surface area contributed by atoms with Gasteiger partial charge in [0.15, 0.2) is 0 Å². The Kier molecular flexibility index (Phi) is 4.37. The zero-order chi connectivity index (χ0) is 13.8. The second kappa shape index (κ2) is 6.02. The molecule has 1 aromatic heterocycles. The Bertz CT molecular complexity index is 569. The van der Waals surface area contributed by atoms with Crippen LogP contribution in [0.2, 0.25) is 0 Å². The van der Waals surface area contributed by atoms with Crippen molar-refractivity contribution in [3.05, 3.63) is 40.6 Å². The summed E-state index contributed by atoms with van der Waals surface area (Å²) in [7, 11) is 0. The van der Waals surface area contributed by atoms with Gasteiger partial charge in [-0.15, -0.1) is 0 Å². The summed E-state index contributed by atoms with van der Waals surface area (Å²) in [6, 6.07) is 8.36. The molecule has 0 radical (unpaired) electrons. The van der Waals surface area contributed by atoms with Crippen molar-refractivity contribution in [2.45, 2.75) is 26.8 Å². The fourth-order valence-corrected chi connectivity index (χ4v) is 2.00. The quantitative estimate of drug-likeness (QED) is 0.890. The van der Waals surface area contributed by atoms with E-state index in [0.29, 0.717) is 6.04 Å². The van der Waals surface area contributed by atoms with Gasteiger partial charge in [0.25, 0.3) is 0 Å². The normalized spacial score (nSPS) is 10.6. The lowest BCUT2D eigenvalue weighted by Gasteiger charge is -2.11. The Morgan fingerprint density at radius 1 is 1.11 bits per heavy atom. The number of nitrogens with one attached hydrogen (secondary N) is 2. The Hall–Kier alpha value is -1.62. The molecule has 2 rings (SSSR count). The van der Waals surface area contributed by atoms with Crippen molar-refractivity contribution < 1.29 is 0 Å². The molecule has 0 aliphatic rings. The highest BCUT2D eigenvalue weighted by Gasteiger charge is 2.02. The molecule has 0 aliphatic carbocycles. The van der Waals surface area contributed by atoms with Crippen molar-refractivity contribution in [2.24, 2.45) is 0 Å². The summed E-state index contributed by atoms with van der Waals surface area (Å²) in [6.07, 6.45) is 1.55. The van der Waals surface area contributed by atoms with Gasteiger partial charge in [-0.25, -0.2) is 9.97 Å². The molecule has 0 fully saturated rings. The van der Waals surface area contributed by atoms with Crippen LogP contribution < -0.4 is 10.6 Å². The van der Waals surface area contributed by atoms with E-state index in [1.165, 1.54) is 5.56 Å². The van der Waals surface area contributed by atoms with E-state index in [0.717, 1.165) is 21.8 Å². The Labute approximate surface area is 121 Å². The van der Waals surface area contributed by atoms with E-state index in [9.17, 15) is 0 Å². The van der Waals surface area contributed by atoms with Crippen LogP contribution in [0.5, 0.6) is 0 Å². The summed E-state index contributed by atoms with van der Waals surface area (Å²) in [5, 5.41) is 6.52. The number of anilines is 3. The Balaban J connectivity index is 2.16. The van der Waals surface area contributed by atoms with Crippen molar-refractivity contribution >= 4 is 33.3 Å². The maximum Gasteiger partial charge on any atom is 0.135 e. The van der Waals surface area contributed by atoms with Gasteiger partial charge in [-0.2, -0.15) is 0 Å². The van der Waals surface area contributed by atoms with Gasteiger partial charge in [-0.3, -0.25) is 0 Å². The van der Waals surface area contributed by atoms with Crippen LogP contribution in [0.15, 0.2) is 35.1 Å². The first-order valence-corrected chi connectivity index (χ1v) is 6.95. The van der Waals surface area contributed by atoms with E-state index in [4.69, 9.17) is 0 Å². The monoisotopic (exact) mass is 320 g/mol.